The van der Waals surface area contributed by atoms with E-state index in [0.717, 1.165) is 12.2 Å². The first-order valence-electron chi connectivity index (χ1n) is 13.3. The van der Waals surface area contributed by atoms with Crippen LogP contribution in [0.15, 0.2) is 29.8 Å². The van der Waals surface area contributed by atoms with E-state index < -0.39 is 29.1 Å². The summed E-state index contributed by atoms with van der Waals surface area (Å²) in [6, 6.07) is 7.87. The number of aromatic nitrogens is 1. The number of halogens is 1. The number of β-amino-alcohol motifs (C(OH)–C–C–N with tert-alkyl or cyclic N) is 1. The molecule has 1 aromatic heterocycles. The molecule has 3 N–H and O–H groups in total. The van der Waals surface area contributed by atoms with Crippen LogP contribution in [0.25, 0.3) is 10.4 Å². The molecule has 2 amide bonds. The molecule has 0 bridgehead atoms. The van der Waals surface area contributed by atoms with Crippen molar-refractivity contribution in [3.05, 3.63) is 41.0 Å². The van der Waals surface area contributed by atoms with Gasteiger partial charge in [0.05, 0.1) is 22.2 Å². The predicted molar refractivity (Wildman–Crippen MR) is 155 cm³/mol. The molecule has 10 heteroatoms. The molecule has 2 heterocycles. The first-order chi connectivity index (χ1) is 18.4. The predicted octanol–water partition coefficient (Wildman–Crippen LogP) is 4.29. The number of benzene rings is 1. The number of carbonyl (C=O) groups excluding carboxylic acids is 3. The van der Waals surface area contributed by atoms with E-state index in [1.54, 1.807) is 16.2 Å². The Bertz CT molecular complexity index is 1030. The largest absolute Gasteiger partial charge is 0.391 e. The van der Waals surface area contributed by atoms with Crippen LogP contribution in [0.4, 0.5) is 4.39 Å². The summed E-state index contributed by atoms with van der Waals surface area (Å²) >= 11 is 1.70. The summed E-state index contributed by atoms with van der Waals surface area (Å²) in [6.07, 6.45) is 0.494. The molecule has 8 nitrogen and oxygen atoms in total. The smallest absolute Gasteiger partial charge is 0.258 e. The second-order valence-corrected chi connectivity index (χ2v) is 11.3. The Labute approximate surface area is 236 Å². The van der Waals surface area contributed by atoms with Crippen LogP contribution in [0.2, 0.25) is 0 Å². The van der Waals surface area contributed by atoms with Crippen LogP contribution in [-0.2, 0) is 20.9 Å². The number of nitrogens with one attached hydrogen (secondary N) is 2. The zero-order valence-electron chi connectivity index (χ0n) is 24.3. The van der Waals surface area contributed by atoms with Crippen molar-refractivity contribution in [1.82, 2.24) is 20.5 Å². The summed E-state index contributed by atoms with van der Waals surface area (Å²) in [5, 5.41) is 15.2. The number of aliphatic hydroxyl groups excluding tert-OH is 1. The molecule has 4 rings (SSSR count). The zero-order chi connectivity index (χ0) is 29.8. The summed E-state index contributed by atoms with van der Waals surface area (Å²) in [4.78, 5) is 39.4. The number of hydrogen-bond acceptors (Lipinski definition) is 7. The number of nitrogens with zero attached hydrogens (tertiary/aromatic N) is 2. The van der Waals surface area contributed by atoms with Gasteiger partial charge < -0.3 is 25.4 Å². The van der Waals surface area contributed by atoms with Crippen molar-refractivity contribution in [2.24, 2.45) is 5.41 Å². The Hall–Kier alpha value is -2.69. The van der Waals surface area contributed by atoms with Crippen LogP contribution in [-0.4, -0.2) is 71.5 Å². The van der Waals surface area contributed by atoms with Gasteiger partial charge >= 0.3 is 0 Å². The third-order valence-electron chi connectivity index (χ3n) is 6.30. The monoisotopic (exact) mass is 564 g/mol. The summed E-state index contributed by atoms with van der Waals surface area (Å²) in [6.45, 7) is 15.2. The van der Waals surface area contributed by atoms with E-state index in [2.05, 4.69) is 39.9 Å². The standard InChI is InChI=1S/C14H23FN2O3.C12H14N2S.C2H6.CH2O/c1-13(2,3)10(16-12(20)14(15)5-6-14)11(19)17-7-4-9(18)8-17;1-9-12(15-8-14-9)11-5-3-10(4-6-11)7-13-2;2*1-2/h9-10,18H,4-8H2,1-3H3,(H,16,20);3-6,8,13H,7H2,1-2H3;1-2H3;1H2. The Morgan fingerprint density at radius 3 is 2.23 bits per heavy atom. The van der Waals surface area contributed by atoms with Gasteiger partial charge in [0.2, 0.25) is 5.91 Å². The fraction of sp³-hybridized carbons (Fsp3) is 0.586. The maximum absolute atomic E-state index is 13.8. The molecular weight excluding hydrogens is 519 g/mol. The van der Waals surface area contributed by atoms with Crippen LogP contribution in [0, 0.1) is 12.3 Å². The molecule has 0 spiro atoms. The van der Waals surface area contributed by atoms with Crippen LogP contribution in [0.3, 0.4) is 0 Å². The van der Waals surface area contributed by atoms with Gasteiger partial charge in [0.25, 0.3) is 5.91 Å². The van der Waals surface area contributed by atoms with Crippen molar-refractivity contribution in [2.75, 3.05) is 20.1 Å². The maximum atomic E-state index is 13.8. The Balaban J connectivity index is 0.000000356. The van der Waals surface area contributed by atoms with Crippen LogP contribution < -0.4 is 10.6 Å². The minimum absolute atomic E-state index is 0.228. The zero-order valence-corrected chi connectivity index (χ0v) is 25.2. The lowest BCUT2D eigenvalue weighted by Crippen LogP contribution is -2.56. The second kappa shape index (κ2) is 15.8. The minimum Gasteiger partial charge on any atom is -0.391 e. The van der Waals surface area contributed by atoms with Gasteiger partial charge in [0.1, 0.15) is 12.8 Å². The Morgan fingerprint density at radius 1 is 1.23 bits per heavy atom. The highest BCUT2D eigenvalue weighted by atomic mass is 32.1. The topological polar surface area (TPSA) is 112 Å². The van der Waals surface area contributed by atoms with Gasteiger partial charge in [-0.25, -0.2) is 9.37 Å². The number of aryl methyl sites for hydroxylation is 1. The molecule has 1 aliphatic heterocycles. The van der Waals surface area contributed by atoms with E-state index >= 15 is 0 Å². The Morgan fingerprint density at radius 2 is 1.82 bits per heavy atom. The molecule has 218 valence electrons. The molecule has 1 saturated carbocycles. The molecule has 2 aromatic rings. The number of amides is 2. The minimum atomic E-state index is -1.78. The lowest BCUT2D eigenvalue weighted by atomic mass is 9.85. The third-order valence-corrected chi connectivity index (χ3v) is 7.28. The molecule has 39 heavy (non-hydrogen) atoms. The number of carbonyl (C=O) groups is 3. The molecule has 1 aliphatic carbocycles. The van der Waals surface area contributed by atoms with Gasteiger partial charge in [-0.15, -0.1) is 11.3 Å². The lowest BCUT2D eigenvalue weighted by Gasteiger charge is -2.33. The lowest BCUT2D eigenvalue weighted by molar-refractivity contribution is -0.140. The molecule has 1 aromatic carbocycles. The molecule has 2 fully saturated rings. The van der Waals surface area contributed by atoms with Crippen LogP contribution >= 0.6 is 11.3 Å². The van der Waals surface area contributed by atoms with Gasteiger partial charge in [-0.2, -0.15) is 0 Å². The van der Waals surface area contributed by atoms with Gasteiger partial charge in [-0.1, -0.05) is 58.9 Å². The van der Waals surface area contributed by atoms with Gasteiger partial charge in [-0.3, -0.25) is 9.59 Å². The average Bonchev–Trinajstić information content (AvgIpc) is 3.30. The number of rotatable bonds is 6. The summed E-state index contributed by atoms with van der Waals surface area (Å²) in [5.74, 6) is -0.933. The van der Waals surface area contributed by atoms with Crippen LogP contribution in [0.5, 0.6) is 0 Å². The molecule has 2 unspecified atom stereocenters. The fourth-order valence-corrected chi connectivity index (χ4v) is 4.74. The number of thiazole rings is 1. The van der Waals surface area contributed by atoms with E-state index in [-0.39, 0.29) is 25.3 Å². The van der Waals surface area contributed by atoms with Crippen molar-refractivity contribution in [3.63, 3.8) is 0 Å². The van der Waals surface area contributed by atoms with E-state index in [1.165, 1.54) is 16.0 Å². The number of hydrogen-bond donors (Lipinski definition) is 3. The van der Waals surface area contributed by atoms with Crippen molar-refractivity contribution in [2.45, 2.75) is 85.2 Å². The maximum Gasteiger partial charge on any atom is 0.258 e. The first-order valence-corrected chi connectivity index (χ1v) is 14.2. The van der Waals surface area contributed by atoms with E-state index in [4.69, 9.17) is 4.79 Å². The van der Waals surface area contributed by atoms with Gasteiger partial charge in [-0.05, 0) is 49.8 Å². The highest BCUT2D eigenvalue weighted by molar-refractivity contribution is 7.13. The normalized spacial score (nSPS) is 17.8. The van der Waals surface area contributed by atoms with Crippen LogP contribution in [0.1, 0.15) is 65.1 Å². The Kier molecular flexibility index (Phi) is 13.9. The average molecular weight is 565 g/mol. The first kappa shape index (κ1) is 34.3. The SMILES string of the molecule is C=O.CC.CC(C)(C)C(NC(=O)C1(F)CC1)C(=O)N1CCC(O)C1.CNCc1ccc(-c2scnc2C)cc1. The van der Waals surface area contributed by atoms with E-state index in [1.807, 2.05) is 60.9 Å². The van der Waals surface area contributed by atoms with E-state index in [0.29, 0.717) is 13.0 Å². The van der Waals surface area contributed by atoms with Crippen molar-refractivity contribution < 1.29 is 23.9 Å². The van der Waals surface area contributed by atoms with Crippen molar-refractivity contribution >= 4 is 29.9 Å². The van der Waals surface area contributed by atoms with Gasteiger partial charge in [0.15, 0.2) is 5.67 Å². The number of alkyl halides is 1. The molecule has 1 saturated heterocycles. The summed E-state index contributed by atoms with van der Waals surface area (Å²) in [7, 11) is 1.96. The summed E-state index contributed by atoms with van der Waals surface area (Å²) < 4.78 is 13.8. The highest BCUT2D eigenvalue weighted by Gasteiger charge is 2.52. The number of aliphatic hydroxyl groups is 1. The molecule has 2 atom stereocenters. The van der Waals surface area contributed by atoms with E-state index in [9.17, 15) is 19.1 Å². The molecular formula is C29H45FN4O4S. The van der Waals surface area contributed by atoms with Crippen molar-refractivity contribution in [1.29, 1.82) is 0 Å². The quantitative estimate of drug-likeness (QED) is 0.483. The molecule has 0 radical (unpaired) electrons. The van der Waals surface area contributed by atoms with Crippen molar-refractivity contribution in [3.8, 4) is 10.4 Å². The number of likely N-dealkylation sites (tertiary alicyclic amines) is 1. The highest BCUT2D eigenvalue weighted by Crippen LogP contribution is 2.40. The second-order valence-electron chi connectivity index (χ2n) is 10.5. The van der Waals surface area contributed by atoms with Gasteiger partial charge in [0, 0.05) is 19.6 Å². The fourth-order valence-electron chi connectivity index (χ4n) is 3.93. The summed E-state index contributed by atoms with van der Waals surface area (Å²) in [5.41, 5.74) is 3.28. The third kappa shape index (κ3) is 10.1. The molecule has 2 aliphatic rings.